The molecule has 1 aliphatic heterocycles. The van der Waals surface area contributed by atoms with Gasteiger partial charge in [0.25, 0.3) is 0 Å². The van der Waals surface area contributed by atoms with Crippen LogP contribution in [0.5, 0.6) is 0 Å². The van der Waals surface area contributed by atoms with Crippen molar-refractivity contribution in [1.29, 1.82) is 0 Å². The third-order valence-corrected chi connectivity index (χ3v) is 4.94. The maximum atomic E-state index is 11.9. The molecular formula is C14H24N4OS. The minimum Gasteiger partial charge on any atom is -0.350 e. The van der Waals surface area contributed by atoms with Crippen molar-refractivity contribution in [1.82, 2.24) is 20.4 Å². The number of rotatable bonds is 6. The molecule has 0 aliphatic carbocycles. The van der Waals surface area contributed by atoms with Crippen LogP contribution in [0, 0.1) is 0 Å². The Balaban J connectivity index is 1.67. The summed E-state index contributed by atoms with van der Waals surface area (Å²) in [7, 11) is 2.16. The highest BCUT2D eigenvalue weighted by molar-refractivity contribution is 7.11. The van der Waals surface area contributed by atoms with Crippen LogP contribution < -0.4 is 5.32 Å². The first-order valence-corrected chi connectivity index (χ1v) is 8.29. The van der Waals surface area contributed by atoms with Crippen LogP contribution in [-0.2, 0) is 17.8 Å². The fraction of sp³-hybridized carbons (Fsp3) is 0.786. The van der Waals surface area contributed by atoms with Crippen LogP contribution in [0.25, 0.3) is 0 Å². The maximum Gasteiger partial charge on any atom is 0.220 e. The molecule has 1 aromatic heterocycles. The minimum atomic E-state index is 0.122. The van der Waals surface area contributed by atoms with Crippen LogP contribution in [-0.4, -0.2) is 40.6 Å². The first kappa shape index (κ1) is 15.4. The molecule has 0 bridgehead atoms. The Bertz CT molecular complexity index is 435. The van der Waals surface area contributed by atoms with E-state index in [0.717, 1.165) is 29.4 Å². The summed E-state index contributed by atoms with van der Waals surface area (Å²) in [5.41, 5.74) is 0. The van der Waals surface area contributed by atoms with Gasteiger partial charge in [0.1, 0.15) is 10.0 Å². The number of nitrogens with zero attached hydrogens (tertiary/aromatic N) is 3. The van der Waals surface area contributed by atoms with E-state index in [0.29, 0.717) is 19.0 Å². The fourth-order valence-electron chi connectivity index (χ4n) is 2.57. The molecule has 1 aromatic rings. The number of hydrogen-bond acceptors (Lipinski definition) is 5. The molecule has 112 valence electrons. The fourth-order valence-corrected chi connectivity index (χ4v) is 3.30. The molecule has 0 saturated carbocycles. The van der Waals surface area contributed by atoms with Crippen molar-refractivity contribution in [2.75, 3.05) is 13.6 Å². The van der Waals surface area contributed by atoms with Crippen LogP contribution in [0.3, 0.4) is 0 Å². The van der Waals surface area contributed by atoms with Crippen LogP contribution in [0.2, 0.25) is 0 Å². The van der Waals surface area contributed by atoms with Gasteiger partial charge in [-0.2, -0.15) is 0 Å². The van der Waals surface area contributed by atoms with Crippen LogP contribution in [0.1, 0.15) is 49.0 Å². The first-order valence-electron chi connectivity index (χ1n) is 7.47. The lowest BCUT2D eigenvalue weighted by Crippen LogP contribution is -2.37. The standard InChI is InChI=1S/C14H24N4OS/c1-3-13-16-17-14(20-13)10-15-12(19)8-7-11-6-4-5-9-18(11)2/h11H,3-10H2,1-2H3,(H,15,19). The third kappa shape index (κ3) is 4.52. The number of carbonyl (C=O) groups is 1. The lowest BCUT2D eigenvalue weighted by Gasteiger charge is -2.32. The molecule has 1 fully saturated rings. The van der Waals surface area contributed by atoms with Gasteiger partial charge in [-0.1, -0.05) is 24.7 Å². The molecule has 1 amide bonds. The van der Waals surface area contributed by atoms with Crippen molar-refractivity contribution in [2.45, 2.75) is 58.0 Å². The van der Waals surface area contributed by atoms with Gasteiger partial charge in [-0.15, -0.1) is 10.2 Å². The summed E-state index contributed by atoms with van der Waals surface area (Å²) in [6.07, 6.45) is 6.27. The van der Waals surface area contributed by atoms with E-state index in [9.17, 15) is 4.79 Å². The average molecular weight is 296 g/mol. The molecule has 5 nitrogen and oxygen atoms in total. The highest BCUT2D eigenvalue weighted by Gasteiger charge is 2.19. The van der Waals surface area contributed by atoms with E-state index >= 15 is 0 Å². The van der Waals surface area contributed by atoms with Crippen molar-refractivity contribution in [2.24, 2.45) is 0 Å². The Morgan fingerprint density at radius 3 is 2.90 bits per heavy atom. The lowest BCUT2D eigenvalue weighted by atomic mass is 9.98. The van der Waals surface area contributed by atoms with E-state index < -0.39 is 0 Å². The predicted octanol–water partition coefficient (Wildman–Crippen LogP) is 1.98. The van der Waals surface area contributed by atoms with Gasteiger partial charge in [-0.25, -0.2) is 0 Å². The lowest BCUT2D eigenvalue weighted by molar-refractivity contribution is -0.121. The number of nitrogens with one attached hydrogen (secondary N) is 1. The molecule has 2 rings (SSSR count). The van der Waals surface area contributed by atoms with Gasteiger partial charge >= 0.3 is 0 Å². The second-order valence-corrected chi connectivity index (χ2v) is 6.54. The Labute approximate surface area is 124 Å². The van der Waals surface area contributed by atoms with E-state index in [1.165, 1.54) is 19.3 Å². The number of aromatic nitrogens is 2. The molecule has 1 saturated heterocycles. The molecule has 1 unspecified atom stereocenters. The van der Waals surface area contributed by atoms with Gasteiger partial charge in [0.2, 0.25) is 5.91 Å². The minimum absolute atomic E-state index is 0.122. The van der Waals surface area contributed by atoms with Crippen molar-refractivity contribution < 1.29 is 4.79 Å². The molecule has 0 radical (unpaired) electrons. The smallest absolute Gasteiger partial charge is 0.220 e. The van der Waals surface area contributed by atoms with Crippen LogP contribution in [0.15, 0.2) is 0 Å². The molecule has 2 heterocycles. The molecule has 1 N–H and O–H groups in total. The number of piperidine rings is 1. The van der Waals surface area contributed by atoms with Crippen LogP contribution in [0.4, 0.5) is 0 Å². The predicted molar refractivity (Wildman–Crippen MR) is 80.6 cm³/mol. The summed E-state index contributed by atoms with van der Waals surface area (Å²) in [6, 6.07) is 0.572. The normalized spacial score (nSPS) is 20.0. The van der Waals surface area contributed by atoms with Gasteiger partial charge in [0.05, 0.1) is 6.54 Å². The van der Waals surface area contributed by atoms with E-state index in [4.69, 9.17) is 0 Å². The van der Waals surface area contributed by atoms with Gasteiger partial charge in [-0.05, 0) is 39.3 Å². The zero-order valence-corrected chi connectivity index (χ0v) is 13.2. The monoisotopic (exact) mass is 296 g/mol. The van der Waals surface area contributed by atoms with Crippen molar-refractivity contribution >= 4 is 17.2 Å². The second kappa shape index (κ2) is 7.69. The van der Waals surface area contributed by atoms with Gasteiger partial charge < -0.3 is 10.2 Å². The molecule has 6 heteroatoms. The van der Waals surface area contributed by atoms with Crippen molar-refractivity contribution in [3.8, 4) is 0 Å². The number of amides is 1. The van der Waals surface area contributed by atoms with E-state index in [1.807, 2.05) is 0 Å². The second-order valence-electron chi connectivity index (χ2n) is 5.39. The Hall–Kier alpha value is -1.01. The average Bonchev–Trinajstić information content (AvgIpc) is 2.92. The molecule has 0 aromatic carbocycles. The zero-order valence-electron chi connectivity index (χ0n) is 12.4. The topological polar surface area (TPSA) is 58.1 Å². The van der Waals surface area contributed by atoms with Gasteiger partial charge in [-0.3, -0.25) is 4.79 Å². The molecular weight excluding hydrogens is 272 g/mol. The summed E-state index contributed by atoms with van der Waals surface area (Å²) in [5.74, 6) is 0.122. The summed E-state index contributed by atoms with van der Waals surface area (Å²) < 4.78 is 0. The van der Waals surface area contributed by atoms with Crippen molar-refractivity contribution in [3.05, 3.63) is 10.0 Å². The molecule has 1 aliphatic rings. The molecule has 1 atom stereocenters. The van der Waals surface area contributed by atoms with Gasteiger partial charge in [0, 0.05) is 12.5 Å². The molecule has 20 heavy (non-hydrogen) atoms. The van der Waals surface area contributed by atoms with Crippen LogP contribution >= 0.6 is 11.3 Å². The quantitative estimate of drug-likeness (QED) is 0.872. The highest BCUT2D eigenvalue weighted by atomic mass is 32.1. The first-order chi connectivity index (χ1) is 9.69. The molecule has 0 spiro atoms. The third-order valence-electron chi connectivity index (χ3n) is 3.87. The highest BCUT2D eigenvalue weighted by Crippen LogP contribution is 2.18. The number of carbonyl (C=O) groups excluding carboxylic acids is 1. The summed E-state index contributed by atoms with van der Waals surface area (Å²) in [6.45, 7) is 3.73. The summed E-state index contributed by atoms with van der Waals surface area (Å²) >= 11 is 1.58. The number of aryl methyl sites for hydroxylation is 1. The van der Waals surface area contributed by atoms with E-state index in [2.05, 4.69) is 34.4 Å². The largest absolute Gasteiger partial charge is 0.350 e. The Morgan fingerprint density at radius 1 is 1.40 bits per heavy atom. The summed E-state index contributed by atoms with van der Waals surface area (Å²) in [4.78, 5) is 14.3. The van der Waals surface area contributed by atoms with Gasteiger partial charge in [0.15, 0.2) is 0 Å². The SMILES string of the molecule is CCc1nnc(CNC(=O)CCC2CCCCN2C)s1. The number of hydrogen-bond donors (Lipinski definition) is 1. The number of likely N-dealkylation sites (tertiary alicyclic amines) is 1. The van der Waals surface area contributed by atoms with E-state index in [1.54, 1.807) is 11.3 Å². The summed E-state index contributed by atoms with van der Waals surface area (Å²) in [5, 5.41) is 13.0. The zero-order chi connectivity index (χ0) is 14.4. The van der Waals surface area contributed by atoms with E-state index in [-0.39, 0.29) is 5.91 Å². The van der Waals surface area contributed by atoms with Crippen molar-refractivity contribution in [3.63, 3.8) is 0 Å². The Kier molecular flexibility index (Phi) is 5.91. The Morgan fingerprint density at radius 2 is 2.20 bits per heavy atom. The maximum absolute atomic E-state index is 11.9.